The van der Waals surface area contributed by atoms with Crippen molar-refractivity contribution in [2.45, 2.75) is 74.8 Å². The van der Waals surface area contributed by atoms with Gasteiger partial charge in [-0.1, -0.05) is 24.3 Å². The lowest BCUT2D eigenvalue weighted by Gasteiger charge is -2.65. The van der Waals surface area contributed by atoms with Crippen LogP contribution in [0, 0.1) is 5.92 Å². The summed E-state index contributed by atoms with van der Waals surface area (Å²) in [6, 6.07) is 16.7. The fourth-order valence-electron chi connectivity index (χ4n) is 8.72. The minimum absolute atomic E-state index is 0.0630. The molecule has 3 aliphatic heterocycles. The number of piperidine rings is 1. The zero-order chi connectivity index (χ0) is 22.5. The molecule has 6 atom stereocenters. The van der Waals surface area contributed by atoms with Crippen LogP contribution in [0.25, 0.3) is 0 Å². The van der Waals surface area contributed by atoms with E-state index in [2.05, 4.69) is 29.7 Å². The van der Waals surface area contributed by atoms with Crippen molar-refractivity contribution in [3.05, 3.63) is 65.2 Å². The van der Waals surface area contributed by atoms with Gasteiger partial charge >= 0.3 is 0 Å². The lowest BCUT2D eigenvalue weighted by atomic mass is 9.46. The number of rotatable bonds is 2. The van der Waals surface area contributed by atoms with Gasteiger partial charge in [0.05, 0.1) is 11.7 Å². The maximum absolute atomic E-state index is 13.6. The number of carbonyl (C=O) groups is 1. The Morgan fingerprint density at radius 2 is 1.97 bits per heavy atom. The molecule has 2 aliphatic carbocycles. The smallest absolute Gasteiger partial charge is 0.254 e. The lowest BCUT2D eigenvalue weighted by Crippen LogP contribution is -2.74. The zero-order valence-corrected chi connectivity index (χ0v) is 19.4. The van der Waals surface area contributed by atoms with Crippen LogP contribution in [0.4, 0.5) is 0 Å². The molecule has 2 aromatic rings. The SMILES string of the molecule is CC(C)N1CC[C@@]23c4cc(O)ccc4C[C@@H]1[C@]21CC[C@@H]2[C@H]3[C@@H](CN2C(=O)c2ccccc2)O1. The molecule has 5 aliphatic rings. The minimum atomic E-state index is -0.218. The molecule has 5 heteroatoms. The van der Waals surface area contributed by atoms with Crippen LogP contribution in [0.5, 0.6) is 5.75 Å². The second-order valence-electron chi connectivity index (χ2n) is 11.1. The molecule has 5 nitrogen and oxygen atoms in total. The number of aromatic hydroxyl groups is 1. The van der Waals surface area contributed by atoms with Crippen LogP contribution >= 0.6 is 0 Å². The third-order valence-electron chi connectivity index (χ3n) is 9.72. The van der Waals surface area contributed by atoms with Gasteiger partial charge in [0.1, 0.15) is 5.75 Å². The maximum atomic E-state index is 13.6. The first-order chi connectivity index (χ1) is 16.0. The van der Waals surface area contributed by atoms with Gasteiger partial charge in [-0.2, -0.15) is 0 Å². The summed E-state index contributed by atoms with van der Waals surface area (Å²) in [6.45, 7) is 6.33. The molecule has 2 aromatic carbocycles. The number of nitrogens with zero attached hydrogens (tertiary/aromatic N) is 2. The van der Waals surface area contributed by atoms with E-state index in [0.717, 1.165) is 37.8 Å². The topological polar surface area (TPSA) is 53.0 Å². The van der Waals surface area contributed by atoms with E-state index >= 15 is 0 Å². The van der Waals surface area contributed by atoms with Crippen molar-refractivity contribution in [1.82, 2.24) is 9.80 Å². The first-order valence-electron chi connectivity index (χ1n) is 12.6. The van der Waals surface area contributed by atoms with Gasteiger partial charge in [-0.3, -0.25) is 9.69 Å². The third-order valence-corrected chi connectivity index (χ3v) is 9.72. The molecule has 0 aromatic heterocycles. The van der Waals surface area contributed by atoms with Crippen molar-refractivity contribution in [3.63, 3.8) is 0 Å². The van der Waals surface area contributed by atoms with E-state index in [0.29, 0.717) is 24.4 Å². The van der Waals surface area contributed by atoms with Gasteiger partial charge < -0.3 is 14.7 Å². The number of hydrogen-bond acceptors (Lipinski definition) is 4. The van der Waals surface area contributed by atoms with Crippen LogP contribution in [0.1, 0.15) is 54.6 Å². The third kappa shape index (κ3) is 2.33. The molecule has 1 amide bonds. The maximum Gasteiger partial charge on any atom is 0.254 e. The van der Waals surface area contributed by atoms with E-state index in [9.17, 15) is 9.90 Å². The summed E-state index contributed by atoms with van der Waals surface area (Å²) in [5.74, 6) is 0.764. The number of hydrogen-bond donors (Lipinski definition) is 1. The van der Waals surface area contributed by atoms with Gasteiger partial charge in [0, 0.05) is 41.6 Å². The lowest BCUT2D eigenvalue weighted by molar-refractivity contribution is -0.175. The van der Waals surface area contributed by atoms with E-state index in [4.69, 9.17) is 4.74 Å². The second kappa shape index (κ2) is 6.61. The Morgan fingerprint density at radius 3 is 2.76 bits per heavy atom. The molecule has 0 radical (unpaired) electrons. The second-order valence-corrected chi connectivity index (χ2v) is 11.1. The summed E-state index contributed by atoms with van der Waals surface area (Å²) in [5, 5.41) is 10.5. The van der Waals surface area contributed by atoms with E-state index < -0.39 is 0 Å². The highest BCUT2D eigenvalue weighted by molar-refractivity contribution is 5.94. The number of benzene rings is 2. The molecule has 3 heterocycles. The Hall–Kier alpha value is -2.37. The largest absolute Gasteiger partial charge is 0.508 e. The zero-order valence-electron chi connectivity index (χ0n) is 19.4. The molecule has 0 unspecified atom stereocenters. The van der Waals surface area contributed by atoms with Gasteiger partial charge in [-0.05, 0) is 81.5 Å². The molecule has 33 heavy (non-hydrogen) atoms. The Labute approximate surface area is 195 Å². The molecule has 7 rings (SSSR count). The van der Waals surface area contributed by atoms with E-state index in [1.165, 1.54) is 11.1 Å². The van der Waals surface area contributed by atoms with Gasteiger partial charge in [-0.15, -0.1) is 0 Å². The summed E-state index contributed by atoms with van der Waals surface area (Å²) in [4.78, 5) is 18.3. The Morgan fingerprint density at radius 1 is 1.15 bits per heavy atom. The molecule has 0 spiro atoms. The van der Waals surface area contributed by atoms with Crippen LogP contribution < -0.4 is 0 Å². The molecule has 4 bridgehead atoms. The van der Waals surface area contributed by atoms with Crippen molar-refractivity contribution in [2.24, 2.45) is 5.92 Å². The molecule has 3 saturated heterocycles. The van der Waals surface area contributed by atoms with Crippen LogP contribution in [0.2, 0.25) is 0 Å². The molecule has 172 valence electrons. The summed E-state index contributed by atoms with van der Waals surface area (Å²) < 4.78 is 7.20. The number of phenolic OH excluding ortho intramolecular Hbond substituents is 1. The molecular formula is C28H32N2O3. The summed E-state index contributed by atoms with van der Waals surface area (Å²) in [6.07, 6.45) is 4.05. The minimum Gasteiger partial charge on any atom is -0.508 e. The monoisotopic (exact) mass is 444 g/mol. The van der Waals surface area contributed by atoms with Crippen LogP contribution in [0.15, 0.2) is 48.5 Å². The quantitative estimate of drug-likeness (QED) is 0.767. The normalized spacial score (nSPS) is 38.3. The first kappa shape index (κ1) is 20.0. The van der Waals surface area contributed by atoms with Gasteiger partial charge in [0.25, 0.3) is 5.91 Å². The van der Waals surface area contributed by atoms with E-state index in [1.54, 1.807) is 0 Å². The number of ether oxygens (including phenoxy) is 1. The molecule has 1 N–H and O–H groups in total. The number of amides is 1. The van der Waals surface area contributed by atoms with Gasteiger partial charge in [0.2, 0.25) is 0 Å². The Bertz CT molecular complexity index is 1130. The van der Waals surface area contributed by atoms with Crippen molar-refractivity contribution in [2.75, 3.05) is 13.1 Å². The average Bonchev–Trinajstić information content (AvgIpc) is 3.26. The van der Waals surface area contributed by atoms with Crippen LogP contribution in [0.3, 0.4) is 0 Å². The predicted octanol–water partition coefficient (Wildman–Crippen LogP) is 3.74. The molecule has 4 fully saturated rings. The fraction of sp³-hybridized carbons (Fsp3) is 0.536. The summed E-state index contributed by atoms with van der Waals surface area (Å²) in [5.41, 5.74) is 3.07. The van der Waals surface area contributed by atoms with Crippen molar-refractivity contribution in [1.29, 1.82) is 0 Å². The van der Waals surface area contributed by atoms with Crippen molar-refractivity contribution < 1.29 is 14.6 Å². The van der Waals surface area contributed by atoms with Gasteiger partial charge in [0.15, 0.2) is 0 Å². The van der Waals surface area contributed by atoms with Crippen molar-refractivity contribution >= 4 is 5.91 Å². The number of likely N-dealkylation sites (tertiary alicyclic amines) is 2. The fourth-order valence-corrected chi connectivity index (χ4v) is 8.72. The van der Waals surface area contributed by atoms with Gasteiger partial charge in [-0.25, -0.2) is 0 Å². The van der Waals surface area contributed by atoms with Crippen molar-refractivity contribution in [3.8, 4) is 5.75 Å². The Balaban J connectivity index is 1.38. The highest BCUT2D eigenvalue weighted by Gasteiger charge is 2.78. The van der Waals surface area contributed by atoms with E-state index in [1.807, 2.05) is 42.5 Å². The molecule has 1 saturated carbocycles. The number of phenols is 1. The summed E-state index contributed by atoms with van der Waals surface area (Å²) in [7, 11) is 0. The summed E-state index contributed by atoms with van der Waals surface area (Å²) >= 11 is 0. The van der Waals surface area contributed by atoms with Crippen LogP contribution in [-0.4, -0.2) is 63.7 Å². The highest BCUT2D eigenvalue weighted by atomic mass is 16.5. The average molecular weight is 445 g/mol. The number of carbonyl (C=O) groups excluding carboxylic acids is 1. The standard InChI is InChI=1S/C28H32N2O3/c1-17(2)29-13-12-27-21-15-20(31)9-8-19(21)14-24(29)28(27)11-10-22-25(27)23(33-28)16-30(22)26(32)18-6-4-3-5-7-18/h3-9,15,17,22-25,31H,10-14,16H2,1-2H3/t22-,23-,24-,25+,27+,28-/m1/s1. The highest BCUT2D eigenvalue weighted by Crippen LogP contribution is 2.69. The van der Waals surface area contributed by atoms with E-state index in [-0.39, 0.29) is 35.0 Å². The predicted molar refractivity (Wildman–Crippen MR) is 125 cm³/mol. The number of fused-ring (bicyclic) bond motifs is 1. The van der Waals surface area contributed by atoms with Crippen LogP contribution in [-0.2, 0) is 16.6 Å². The molecular weight excluding hydrogens is 412 g/mol. The Kier molecular flexibility index (Phi) is 4.01. The first-order valence-corrected chi connectivity index (χ1v) is 12.6.